The molecule has 0 aliphatic rings. The van der Waals surface area contributed by atoms with Crippen molar-refractivity contribution in [3.05, 3.63) is 0 Å². The van der Waals surface area contributed by atoms with E-state index in [0.29, 0.717) is 22.0 Å². The minimum atomic E-state index is 0.663. The van der Waals surface area contributed by atoms with Gasteiger partial charge in [-0.05, 0) is 54.2 Å². The van der Waals surface area contributed by atoms with Gasteiger partial charge in [0.15, 0.2) is 0 Å². The highest BCUT2D eigenvalue weighted by Gasteiger charge is 2.03. The summed E-state index contributed by atoms with van der Waals surface area (Å²) in [6.07, 6.45) is 1.05. The molecule has 0 radical (unpaired) electrons. The van der Waals surface area contributed by atoms with Crippen molar-refractivity contribution in [2.75, 3.05) is 47.7 Å². The Morgan fingerprint density at radius 1 is 0.720 bits per heavy atom. The van der Waals surface area contributed by atoms with Crippen LogP contribution < -0.4 is 0 Å². The highest BCUT2D eigenvalue weighted by molar-refractivity contribution is 8.23. The van der Waals surface area contributed by atoms with Crippen molar-refractivity contribution in [3.63, 3.8) is 0 Å². The fraction of sp³-hybridized carbons (Fsp3) is 0.882. The van der Waals surface area contributed by atoms with Gasteiger partial charge in [-0.3, -0.25) is 0 Å². The van der Waals surface area contributed by atoms with Gasteiger partial charge in [-0.2, -0.15) is 23.5 Å². The molecule has 0 aliphatic carbocycles. The maximum Gasteiger partial charge on any atom is 0.219 e. The Balaban J connectivity index is 3.35. The molecule has 0 atom stereocenters. The molecule has 25 heavy (non-hydrogen) atoms. The molecular weight excluding hydrogens is 429 g/mol. The molecule has 0 fully saturated rings. The SMILES string of the molecule is CC(C)CSCCOC(=S)SCCCSC(=S)OCCSCC(C)C. The first-order valence-electron chi connectivity index (χ1n) is 8.66. The molecule has 0 bridgehead atoms. The molecule has 0 saturated carbocycles. The molecule has 8 heteroatoms. The van der Waals surface area contributed by atoms with Crippen molar-refractivity contribution >= 4 is 80.2 Å². The maximum absolute atomic E-state index is 5.56. The lowest BCUT2D eigenvalue weighted by molar-refractivity contribution is 0.350. The van der Waals surface area contributed by atoms with Crippen molar-refractivity contribution in [2.45, 2.75) is 34.1 Å². The van der Waals surface area contributed by atoms with Gasteiger partial charge in [-0.1, -0.05) is 51.2 Å². The maximum atomic E-state index is 5.56. The molecule has 0 aromatic heterocycles. The smallest absolute Gasteiger partial charge is 0.219 e. The zero-order valence-corrected chi connectivity index (χ0v) is 20.7. The predicted octanol–water partition coefficient (Wildman–Crippen LogP) is 6.22. The van der Waals surface area contributed by atoms with Gasteiger partial charge in [0.05, 0.1) is 13.2 Å². The molecule has 0 rings (SSSR count). The number of hydrogen-bond acceptors (Lipinski definition) is 8. The molecule has 0 heterocycles. The Hall–Kier alpha value is 1.18. The van der Waals surface area contributed by atoms with Crippen LogP contribution in [0.5, 0.6) is 0 Å². The molecular formula is C17H32O2S6. The normalized spacial score (nSPS) is 11.1. The van der Waals surface area contributed by atoms with Crippen LogP contribution in [0.4, 0.5) is 0 Å². The molecule has 0 unspecified atom stereocenters. The topological polar surface area (TPSA) is 18.5 Å². The quantitative estimate of drug-likeness (QED) is 0.222. The van der Waals surface area contributed by atoms with Gasteiger partial charge in [-0.25, -0.2) is 0 Å². The van der Waals surface area contributed by atoms with Crippen LogP contribution in [0.15, 0.2) is 0 Å². The van der Waals surface area contributed by atoms with Crippen molar-refractivity contribution in [2.24, 2.45) is 11.8 Å². The Morgan fingerprint density at radius 3 is 1.48 bits per heavy atom. The zero-order valence-electron chi connectivity index (χ0n) is 15.8. The Bertz CT molecular complexity index is 318. The van der Waals surface area contributed by atoms with Gasteiger partial charge in [-0.15, -0.1) is 0 Å². The van der Waals surface area contributed by atoms with Crippen LogP contribution >= 0.6 is 71.5 Å². The second-order valence-electron chi connectivity index (χ2n) is 6.18. The average Bonchev–Trinajstić information content (AvgIpc) is 2.53. The van der Waals surface area contributed by atoms with Crippen molar-refractivity contribution < 1.29 is 9.47 Å². The van der Waals surface area contributed by atoms with Crippen LogP contribution in [0.1, 0.15) is 34.1 Å². The lowest BCUT2D eigenvalue weighted by Crippen LogP contribution is -2.05. The molecule has 0 spiro atoms. The summed E-state index contributed by atoms with van der Waals surface area (Å²) in [5.41, 5.74) is 0. The molecule has 0 N–H and O–H groups in total. The molecule has 0 aromatic rings. The van der Waals surface area contributed by atoms with E-state index in [-0.39, 0.29) is 0 Å². The highest BCUT2D eigenvalue weighted by Crippen LogP contribution is 2.14. The summed E-state index contributed by atoms with van der Waals surface area (Å²) >= 11 is 17.5. The van der Waals surface area contributed by atoms with E-state index in [0.717, 1.165) is 41.3 Å². The lowest BCUT2D eigenvalue weighted by atomic mass is 10.3. The third-order valence-corrected chi connectivity index (χ3v) is 7.88. The minimum absolute atomic E-state index is 0.663. The highest BCUT2D eigenvalue weighted by atomic mass is 32.2. The Morgan fingerprint density at radius 2 is 1.12 bits per heavy atom. The molecule has 0 aliphatic heterocycles. The lowest BCUT2D eigenvalue weighted by Gasteiger charge is -2.09. The van der Waals surface area contributed by atoms with Gasteiger partial charge >= 0.3 is 0 Å². The van der Waals surface area contributed by atoms with E-state index in [1.54, 1.807) is 23.5 Å². The molecule has 0 amide bonds. The zero-order chi connectivity index (χ0) is 18.9. The molecule has 0 aromatic carbocycles. The van der Waals surface area contributed by atoms with Crippen LogP contribution in [0, 0.1) is 11.8 Å². The number of rotatable bonds is 14. The summed E-state index contributed by atoms with van der Waals surface area (Å²) in [6.45, 7) is 10.4. The van der Waals surface area contributed by atoms with E-state index in [9.17, 15) is 0 Å². The van der Waals surface area contributed by atoms with Gasteiger partial charge in [0.2, 0.25) is 8.77 Å². The van der Waals surface area contributed by atoms with Gasteiger partial charge in [0.1, 0.15) is 0 Å². The van der Waals surface area contributed by atoms with Gasteiger partial charge < -0.3 is 9.47 Å². The van der Waals surface area contributed by atoms with E-state index in [1.807, 2.05) is 23.5 Å². The number of thioether (sulfide) groups is 4. The van der Waals surface area contributed by atoms with Crippen LogP contribution in [0.25, 0.3) is 0 Å². The summed E-state index contributed by atoms with van der Waals surface area (Å²) < 4.78 is 12.4. The fourth-order valence-electron chi connectivity index (χ4n) is 1.46. The standard InChI is InChI=1S/C17H32O2S6/c1-14(2)12-22-10-6-18-16(20)24-8-5-9-25-17(21)19-7-11-23-13-15(3)4/h14-15H,5-13H2,1-4H3. The van der Waals surface area contributed by atoms with E-state index in [4.69, 9.17) is 33.9 Å². The second-order valence-corrected chi connectivity index (χ2v) is 11.9. The monoisotopic (exact) mass is 460 g/mol. The van der Waals surface area contributed by atoms with Crippen molar-refractivity contribution in [1.29, 1.82) is 0 Å². The van der Waals surface area contributed by atoms with E-state index >= 15 is 0 Å². The number of hydrogen-bond donors (Lipinski definition) is 0. The largest absolute Gasteiger partial charge is 0.478 e. The van der Waals surface area contributed by atoms with Crippen molar-refractivity contribution in [3.8, 4) is 0 Å². The second kappa shape index (κ2) is 18.5. The van der Waals surface area contributed by atoms with E-state index in [1.165, 1.54) is 11.5 Å². The molecule has 0 saturated heterocycles. The molecule has 2 nitrogen and oxygen atoms in total. The first-order valence-corrected chi connectivity index (χ1v) is 13.8. The van der Waals surface area contributed by atoms with Crippen LogP contribution in [-0.2, 0) is 9.47 Å². The summed E-state index contributed by atoms with van der Waals surface area (Å²) in [7, 11) is 0. The van der Waals surface area contributed by atoms with E-state index in [2.05, 4.69) is 27.7 Å². The third-order valence-electron chi connectivity index (χ3n) is 2.53. The third kappa shape index (κ3) is 21.3. The number of ether oxygens (including phenoxy) is 2. The van der Waals surface area contributed by atoms with Crippen LogP contribution in [0.2, 0.25) is 0 Å². The summed E-state index contributed by atoms with van der Waals surface area (Å²) in [5, 5.41) is 0. The fourth-order valence-corrected chi connectivity index (χ4v) is 5.23. The summed E-state index contributed by atoms with van der Waals surface area (Å²) in [5.74, 6) is 7.79. The summed E-state index contributed by atoms with van der Waals surface area (Å²) in [4.78, 5) is 0. The minimum Gasteiger partial charge on any atom is -0.478 e. The predicted molar refractivity (Wildman–Crippen MR) is 131 cm³/mol. The number of thiocarbonyl (C=S) groups is 2. The van der Waals surface area contributed by atoms with Crippen LogP contribution in [0.3, 0.4) is 0 Å². The van der Waals surface area contributed by atoms with E-state index < -0.39 is 0 Å². The van der Waals surface area contributed by atoms with Gasteiger partial charge in [0.25, 0.3) is 0 Å². The first kappa shape index (κ1) is 26.2. The van der Waals surface area contributed by atoms with Crippen molar-refractivity contribution in [1.82, 2.24) is 0 Å². The Kier molecular flexibility index (Phi) is 19.4. The molecule has 148 valence electrons. The van der Waals surface area contributed by atoms with Gasteiger partial charge in [0, 0.05) is 23.0 Å². The first-order chi connectivity index (χ1) is 11.9. The van der Waals surface area contributed by atoms with Crippen LogP contribution in [-0.4, -0.2) is 56.5 Å². The average molecular weight is 461 g/mol. The Labute approximate surface area is 182 Å². The summed E-state index contributed by atoms with van der Waals surface area (Å²) in [6, 6.07) is 0.